The molecule has 1 saturated heterocycles. The highest BCUT2D eigenvalue weighted by molar-refractivity contribution is 5.68. The number of benzene rings is 2. The molecule has 1 unspecified atom stereocenters. The highest BCUT2D eigenvalue weighted by Gasteiger charge is 2.20. The lowest BCUT2D eigenvalue weighted by Crippen LogP contribution is -2.39. The summed E-state index contributed by atoms with van der Waals surface area (Å²) in [5.41, 5.74) is 10.6. The highest BCUT2D eigenvalue weighted by Crippen LogP contribution is 2.26. The summed E-state index contributed by atoms with van der Waals surface area (Å²) in [6.07, 6.45) is 7.03. The van der Waals surface area contributed by atoms with Gasteiger partial charge in [0.25, 0.3) is 0 Å². The molecule has 1 aliphatic rings. The molecule has 2 aromatic rings. The topological polar surface area (TPSA) is 59.6 Å². The second kappa shape index (κ2) is 15.5. The maximum atomic E-state index is 10.4. The molecule has 0 aliphatic carbocycles. The van der Waals surface area contributed by atoms with Crippen molar-refractivity contribution in [2.75, 3.05) is 31.2 Å². The van der Waals surface area contributed by atoms with Crippen molar-refractivity contribution in [2.45, 2.75) is 72.8 Å². The first-order valence-electron chi connectivity index (χ1n) is 15.1. The Labute approximate surface area is 249 Å². The molecule has 4 N–H and O–H groups in total. The number of piperidine rings is 1. The molecule has 1 atom stereocenters. The standard InChI is InChI=1S/C36H52N4O/c1-9-10-11-34(25(2)3)38-24-37-23-32-16-18-40(19-17-32)33-14-12-31(13-15-33)22-35(30(8)41)39-29(7)36-27(5)20-26(4)21-28(36)6/h9,12-15,20-21,32,35,37-39,41H,1,7-8,10-11,16-19,22-24H2,2-6H3. The van der Waals surface area contributed by atoms with Crippen molar-refractivity contribution in [3.63, 3.8) is 0 Å². The number of rotatable bonds is 15. The van der Waals surface area contributed by atoms with Crippen LogP contribution in [0.2, 0.25) is 0 Å². The highest BCUT2D eigenvalue weighted by atomic mass is 16.3. The van der Waals surface area contributed by atoms with Gasteiger partial charge in [0.05, 0.1) is 12.7 Å². The number of anilines is 1. The lowest BCUT2D eigenvalue weighted by Gasteiger charge is -2.34. The Kier molecular flexibility index (Phi) is 12.2. The summed E-state index contributed by atoms with van der Waals surface area (Å²) in [5.74, 6) is 0.823. The number of aliphatic hydroxyl groups excluding tert-OH is 1. The second-order valence-corrected chi connectivity index (χ2v) is 11.9. The Balaban J connectivity index is 1.47. The van der Waals surface area contributed by atoms with E-state index in [4.69, 9.17) is 0 Å². The van der Waals surface area contributed by atoms with Crippen molar-refractivity contribution in [3.05, 3.63) is 107 Å². The predicted octanol–water partition coefficient (Wildman–Crippen LogP) is 7.47. The minimum Gasteiger partial charge on any atom is -0.511 e. The molecular formula is C36H52N4O. The largest absolute Gasteiger partial charge is 0.511 e. The number of nitrogens with zero attached hydrogens (tertiary/aromatic N) is 1. The number of allylic oxidation sites excluding steroid dienone is 3. The van der Waals surface area contributed by atoms with Crippen LogP contribution in [0.4, 0.5) is 5.69 Å². The van der Waals surface area contributed by atoms with Gasteiger partial charge in [0.2, 0.25) is 0 Å². The van der Waals surface area contributed by atoms with Crippen molar-refractivity contribution < 1.29 is 5.11 Å². The molecule has 1 aliphatic heterocycles. The van der Waals surface area contributed by atoms with Crippen molar-refractivity contribution in [3.8, 4) is 0 Å². The zero-order valence-electron chi connectivity index (χ0n) is 26.1. The van der Waals surface area contributed by atoms with E-state index in [2.05, 4.69) is 112 Å². The van der Waals surface area contributed by atoms with Crippen LogP contribution in [0.25, 0.3) is 5.70 Å². The van der Waals surface area contributed by atoms with E-state index in [0.29, 0.717) is 12.3 Å². The van der Waals surface area contributed by atoms with E-state index in [1.165, 1.54) is 46.5 Å². The molecule has 0 spiro atoms. The Morgan fingerprint density at radius 2 is 1.68 bits per heavy atom. The van der Waals surface area contributed by atoms with Crippen LogP contribution >= 0.6 is 0 Å². The third-order valence-electron chi connectivity index (χ3n) is 8.15. The molecule has 5 heteroatoms. The Bertz CT molecular complexity index is 1190. The first-order chi connectivity index (χ1) is 19.6. The van der Waals surface area contributed by atoms with E-state index >= 15 is 0 Å². The lowest BCUT2D eigenvalue weighted by atomic mass is 9.95. The van der Waals surface area contributed by atoms with Gasteiger partial charge in [-0.05, 0) is 108 Å². The molecule has 0 amide bonds. The van der Waals surface area contributed by atoms with Gasteiger partial charge < -0.3 is 20.6 Å². The summed E-state index contributed by atoms with van der Waals surface area (Å²) in [6, 6.07) is 12.8. The molecular weight excluding hydrogens is 504 g/mol. The van der Waals surface area contributed by atoms with Crippen LogP contribution < -0.4 is 20.9 Å². The third-order valence-corrected chi connectivity index (χ3v) is 8.15. The molecule has 222 valence electrons. The van der Waals surface area contributed by atoms with Gasteiger partial charge in [0.15, 0.2) is 0 Å². The second-order valence-electron chi connectivity index (χ2n) is 11.9. The van der Waals surface area contributed by atoms with Crippen molar-refractivity contribution in [2.24, 2.45) is 5.92 Å². The molecule has 2 aromatic carbocycles. The van der Waals surface area contributed by atoms with Gasteiger partial charge in [-0.2, -0.15) is 0 Å². The van der Waals surface area contributed by atoms with Gasteiger partial charge in [-0.3, -0.25) is 5.32 Å². The first kappa shape index (κ1) is 32.1. The smallest absolute Gasteiger partial charge is 0.108 e. The van der Waals surface area contributed by atoms with E-state index in [0.717, 1.165) is 56.0 Å². The SMILES string of the molecule is C=CCCC(NCNCC1CCN(c2ccc(CC(NC(=C)c3c(C)cc(C)cc3C)C(=C)O)cc2)CC1)=C(C)C. The van der Waals surface area contributed by atoms with Gasteiger partial charge in [0.1, 0.15) is 5.76 Å². The summed E-state index contributed by atoms with van der Waals surface area (Å²) >= 11 is 0. The number of nitrogens with one attached hydrogen (secondary N) is 3. The van der Waals surface area contributed by atoms with Crippen LogP contribution in [0, 0.1) is 26.7 Å². The molecule has 0 aromatic heterocycles. The predicted molar refractivity (Wildman–Crippen MR) is 177 cm³/mol. The summed E-state index contributed by atoms with van der Waals surface area (Å²) in [7, 11) is 0. The minimum absolute atomic E-state index is 0.123. The van der Waals surface area contributed by atoms with E-state index in [-0.39, 0.29) is 11.8 Å². The summed E-state index contributed by atoms with van der Waals surface area (Å²) < 4.78 is 0. The van der Waals surface area contributed by atoms with Crippen LogP contribution in [0.5, 0.6) is 0 Å². The Morgan fingerprint density at radius 3 is 2.24 bits per heavy atom. The van der Waals surface area contributed by atoms with E-state index in [9.17, 15) is 5.11 Å². The molecule has 0 bridgehead atoms. The molecule has 41 heavy (non-hydrogen) atoms. The van der Waals surface area contributed by atoms with Crippen LogP contribution in [0.1, 0.15) is 67.3 Å². The van der Waals surface area contributed by atoms with Crippen LogP contribution in [0.3, 0.4) is 0 Å². The van der Waals surface area contributed by atoms with Crippen molar-refractivity contribution >= 4 is 11.4 Å². The van der Waals surface area contributed by atoms with Gasteiger partial charge in [-0.25, -0.2) is 0 Å². The van der Waals surface area contributed by atoms with Crippen LogP contribution in [0.15, 0.2) is 79.2 Å². The summed E-state index contributed by atoms with van der Waals surface area (Å²) in [4.78, 5) is 2.49. The maximum Gasteiger partial charge on any atom is 0.108 e. The van der Waals surface area contributed by atoms with Crippen molar-refractivity contribution in [1.82, 2.24) is 16.0 Å². The average Bonchev–Trinajstić information content (AvgIpc) is 2.92. The normalized spacial score (nSPS) is 14.3. The van der Waals surface area contributed by atoms with Crippen molar-refractivity contribution in [1.29, 1.82) is 0 Å². The van der Waals surface area contributed by atoms with Crippen LogP contribution in [-0.4, -0.2) is 37.5 Å². The monoisotopic (exact) mass is 556 g/mol. The zero-order valence-corrected chi connectivity index (χ0v) is 26.1. The fourth-order valence-electron chi connectivity index (χ4n) is 5.87. The molecule has 3 rings (SSSR count). The minimum atomic E-state index is -0.305. The number of hydrogen-bond acceptors (Lipinski definition) is 5. The molecule has 1 fully saturated rings. The van der Waals surface area contributed by atoms with Gasteiger partial charge in [-0.1, -0.05) is 54.6 Å². The molecule has 0 radical (unpaired) electrons. The number of hydrogen-bond donors (Lipinski definition) is 4. The van der Waals surface area contributed by atoms with E-state index in [1.807, 2.05) is 6.08 Å². The Morgan fingerprint density at radius 1 is 1.05 bits per heavy atom. The molecule has 0 saturated carbocycles. The maximum absolute atomic E-state index is 10.4. The van der Waals surface area contributed by atoms with Gasteiger partial charge >= 0.3 is 0 Å². The van der Waals surface area contributed by atoms with E-state index < -0.39 is 0 Å². The van der Waals surface area contributed by atoms with Gasteiger partial charge in [-0.15, -0.1) is 6.58 Å². The molecule has 5 nitrogen and oxygen atoms in total. The van der Waals surface area contributed by atoms with E-state index in [1.54, 1.807) is 0 Å². The summed E-state index contributed by atoms with van der Waals surface area (Å²) in [5, 5.41) is 21.0. The lowest BCUT2D eigenvalue weighted by molar-refractivity contribution is 0.355. The summed E-state index contributed by atoms with van der Waals surface area (Å²) in [6.45, 7) is 26.6. The fourth-order valence-corrected chi connectivity index (χ4v) is 5.87. The fraction of sp³-hybridized carbons (Fsp3) is 0.444. The molecule has 1 heterocycles. The number of aryl methyl sites for hydroxylation is 3. The first-order valence-corrected chi connectivity index (χ1v) is 15.1. The number of aliphatic hydroxyl groups is 1. The zero-order chi connectivity index (χ0) is 29.9. The Hall–Kier alpha value is -3.44. The van der Waals surface area contributed by atoms with Crippen LogP contribution in [-0.2, 0) is 6.42 Å². The van der Waals surface area contributed by atoms with Gasteiger partial charge in [0, 0.05) is 35.7 Å². The average molecular weight is 557 g/mol. The quantitative estimate of drug-likeness (QED) is 0.0794. The third kappa shape index (κ3) is 9.57.